The van der Waals surface area contributed by atoms with Crippen LogP contribution in [0.3, 0.4) is 0 Å². The molecule has 16 heteroatoms. The van der Waals surface area contributed by atoms with Gasteiger partial charge in [-0.1, -0.05) is 34.6 Å². The van der Waals surface area contributed by atoms with E-state index in [-0.39, 0.29) is 78.9 Å². The van der Waals surface area contributed by atoms with Gasteiger partial charge in [0.25, 0.3) is 0 Å². The maximum absolute atomic E-state index is 12.5. The predicted molar refractivity (Wildman–Crippen MR) is 231 cm³/mol. The molecule has 7 saturated heterocycles. The predicted octanol–water partition coefficient (Wildman–Crippen LogP) is 5.59. The molecule has 7 heterocycles. The molecule has 7 fully saturated rings. The van der Waals surface area contributed by atoms with Gasteiger partial charge in [-0.15, -0.1) is 0 Å². The van der Waals surface area contributed by atoms with Crippen LogP contribution in [0.4, 0.5) is 0 Å². The number of ether oxygens (including phenoxy) is 12. The number of carboxylic acid groups (broad SMARTS) is 1. The SMILES string of the molecule is CO[C@H]1CC[C@H](O[C@@]2(C)C(C[C@@H]3C[C@@H](OC)[C@@H](C)[C@]4(O3)O[C@](C)([C@H]3CC[C@@H]([C@H]5CC[C@H]([C@@H]6O[C@@](C)(O)[C@@H](C)C[C@H]6C)O5)O3)[C@H](OC)[C@H]4C)O[C@](O)([C@@H](C)C(=O)O)[C@@H](C)[C@@H]2OC)O[C@@H]1C. The number of aliphatic carboxylic acids is 1. The van der Waals surface area contributed by atoms with Gasteiger partial charge in [0, 0.05) is 71.4 Å². The molecule has 0 aromatic carbocycles. The number of rotatable bonds is 13. The number of hydrogen-bond acceptors (Lipinski definition) is 15. The minimum Gasteiger partial charge on any atom is -0.481 e. The molecule has 0 aliphatic carbocycles. The van der Waals surface area contributed by atoms with Crippen LogP contribution in [0.15, 0.2) is 0 Å². The lowest BCUT2D eigenvalue weighted by Crippen LogP contribution is -2.71. The van der Waals surface area contributed by atoms with Gasteiger partial charge < -0.3 is 72.2 Å². The van der Waals surface area contributed by atoms with Gasteiger partial charge in [0.2, 0.25) is 0 Å². The summed E-state index contributed by atoms with van der Waals surface area (Å²) in [5.74, 6) is -8.05. The third kappa shape index (κ3) is 8.77. The first-order valence-corrected chi connectivity index (χ1v) is 24.2. The summed E-state index contributed by atoms with van der Waals surface area (Å²) in [6.07, 6.45) is 1.06. The van der Waals surface area contributed by atoms with Gasteiger partial charge in [0.15, 0.2) is 23.7 Å². The Balaban J connectivity index is 1.13. The van der Waals surface area contributed by atoms with Crippen molar-refractivity contribution < 1.29 is 77.0 Å². The molecule has 370 valence electrons. The lowest BCUT2D eigenvalue weighted by atomic mass is 9.71. The summed E-state index contributed by atoms with van der Waals surface area (Å²) in [7, 11) is 6.61. The Morgan fingerprint density at radius 3 is 1.97 bits per heavy atom. The maximum Gasteiger partial charge on any atom is 0.311 e. The first kappa shape index (κ1) is 50.8. The molecule has 64 heavy (non-hydrogen) atoms. The molecule has 1 spiro atoms. The normalized spacial score (nSPS) is 54.1. The van der Waals surface area contributed by atoms with E-state index in [1.807, 2.05) is 20.8 Å². The third-order valence-corrected chi connectivity index (χ3v) is 17.4. The average molecular weight is 915 g/mol. The van der Waals surface area contributed by atoms with E-state index in [1.54, 1.807) is 42.3 Å². The van der Waals surface area contributed by atoms with Crippen LogP contribution in [0.5, 0.6) is 0 Å². The summed E-state index contributed by atoms with van der Waals surface area (Å²) < 4.78 is 79.0. The summed E-state index contributed by atoms with van der Waals surface area (Å²) in [6.45, 7) is 19.2. The zero-order chi connectivity index (χ0) is 46.9. The topological polar surface area (TPSA) is 189 Å². The molecule has 7 aliphatic rings. The largest absolute Gasteiger partial charge is 0.481 e. The van der Waals surface area contributed by atoms with Crippen LogP contribution in [0, 0.1) is 35.5 Å². The van der Waals surface area contributed by atoms with Crippen LogP contribution in [0.1, 0.15) is 127 Å². The summed E-state index contributed by atoms with van der Waals surface area (Å²) >= 11 is 0. The highest BCUT2D eigenvalue weighted by Gasteiger charge is 2.70. The van der Waals surface area contributed by atoms with Crippen LogP contribution in [-0.2, 0) is 61.6 Å². The highest BCUT2D eigenvalue weighted by molar-refractivity contribution is 5.70. The molecule has 24 atom stereocenters. The quantitative estimate of drug-likeness (QED) is 0.207. The van der Waals surface area contributed by atoms with Gasteiger partial charge in [0.05, 0.1) is 73.2 Å². The fourth-order valence-corrected chi connectivity index (χ4v) is 13.3. The molecule has 7 aliphatic heterocycles. The average Bonchev–Trinajstić information content (AvgIpc) is 3.98. The summed E-state index contributed by atoms with van der Waals surface area (Å²) in [4.78, 5) is 12.5. The van der Waals surface area contributed by atoms with Crippen LogP contribution in [0.25, 0.3) is 0 Å². The molecule has 0 amide bonds. The number of methoxy groups -OCH3 is 4. The minimum absolute atomic E-state index is 0.0384. The van der Waals surface area contributed by atoms with Crippen molar-refractivity contribution in [2.45, 2.75) is 235 Å². The van der Waals surface area contributed by atoms with Crippen molar-refractivity contribution in [2.24, 2.45) is 35.5 Å². The lowest BCUT2D eigenvalue weighted by molar-refractivity contribution is -0.403. The van der Waals surface area contributed by atoms with E-state index in [0.717, 1.165) is 32.1 Å². The smallest absolute Gasteiger partial charge is 0.311 e. The molecule has 0 bridgehead atoms. The van der Waals surface area contributed by atoms with Crippen LogP contribution in [0.2, 0.25) is 0 Å². The molecule has 7 rings (SSSR count). The Morgan fingerprint density at radius 2 is 1.34 bits per heavy atom. The Hall–Kier alpha value is -1.09. The number of hydrogen-bond donors (Lipinski definition) is 3. The molecule has 0 aromatic heterocycles. The summed E-state index contributed by atoms with van der Waals surface area (Å²) in [5.41, 5.74) is -2.16. The fourth-order valence-electron chi connectivity index (χ4n) is 13.3. The second kappa shape index (κ2) is 19.0. The first-order valence-electron chi connectivity index (χ1n) is 24.2. The van der Waals surface area contributed by atoms with Crippen molar-refractivity contribution in [2.75, 3.05) is 28.4 Å². The molecular formula is C48H82O16. The zero-order valence-electron chi connectivity index (χ0n) is 41.0. The summed E-state index contributed by atoms with van der Waals surface area (Å²) in [6, 6.07) is 0. The van der Waals surface area contributed by atoms with Crippen molar-refractivity contribution in [1.82, 2.24) is 0 Å². The van der Waals surface area contributed by atoms with Crippen LogP contribution >= 0.6 is 0 Å². The van der Waals surface area contributed by atoms with E-state index >= 15 is 0 Å². The van der Waals surface area contributed by atoms with E-state index in [1.165, 1.54) is 6.92 Å². The second-order valence-corrected chi connectivity index (χ2v) is 21.3. The van der Waals surface area contributed by atoms with Gasteiger partial charge >= 0.3 is 5.97 Å². The second-order valence-electron chi connectivity index (χ2n) is 21.3. The van der Waals surface area contributed by atoms with Crippen molar-refractivity contribution in [1.29, 1.82) is 0 Å². The Labute approximate surface area is 381 Å². The molecule has 0 saturated carbocycles. The van der Waals surface area contributed by atoms with Gasteiger partial charge in [-0.25, -0.2) is 0 Å². The van der Waals surface area contributed by atoms with Crippen LogP contribution < -0.4 is 0 Å². The van der Waals surface area contributed by atoms with Gasteiger partial charge in [-0.3, -0.25) is 4.79 Å². The van der Waals surface area contributed by atoms with Crippen molar-refractivity contribution >= 4 is 5.97 Å². The highest BCUT2D eigenvalue weighted by Crippen LogP contribution is 2.57. The Bertz CT molecular complexity index is 1600. The summed E-state index contributed by atoms with van der Waals surface area (Å²) in [5, 5.41) is 33.5. The van der Waals surface area contributed by atoms with E-state index in [0.29, 0.717) is 19.3 Å². The number of carboxylic acids is 1. The molecular weight excluding hydrogens is 833 g/mol. The van der Waals surface area contributed by atoms with Gasteiger partial charge in [-0.05, 0) is 79.1 Å². The van der Waals surface area contributed by atoms with Gasteiger partial charge in [0.1, 0.15) is 17.1 Å². The highest BCUT2D eigenvalue weighted by atomic mass is 16.8. The van der Waals surface area contributed by atoms with Crippen LogP contribution in [-0.4, -0.2) is 158 Å². The third-order valence-electron chi connectivity index (χ3n) is 17.4. The standard InChI is InChI=1S/C48H82O16/c1-24-21-25(2)46(10,51)63-40(24)35-16-15-33(58-35)34-17-19-37(59-34)45(9)42(56-14)28(5)48(64-45)26(3)36(54-12)22-31(60-48)23-38-44(8,62-39-20-18-32(53-11)30(7)57-39)41(55-13)27(4)47(52,61-38)29(6)43(49)50/h24-42,51-52H,15-23H2,1-14H3,(H,49,50)/t24-,25+,26-,27+,28-,29+,30-,31+,32+,33-,34+,35-,36-,37-,38?,39+,40-,41+,42-,44+,45-,46-,47+,48+/m1/s1. The van der Waals surface area contributed by atoms with E-state index in [4.69, 9.17) is 56.8 Å². The lowest BCUT2D eigenvalue weighted by Gasteiger charge is -2.58. The van der Waals surface area contributed by atoms with E-state index in [9.17, 15) is 20.1 Å². The Kier molecular flexibility index (Phi) is 15.1. The van der Waals surface area contributed by atoms with Crippen molar-refractivity contribution in [3.63, 3.8) is 0 Å². The van der Waals surface area contributed by atoms with E-state index in [2.05, 4.69) is 27.7 Å². The number of aliphatic hydroxyl groups is 2. The van der Waals surface area contributed by atoms with Gasteiger partial charge in [-0.2, -0.15) is 0 Å². The molecule has 1 unspecified atom stereocenters. The van der Waals surface area contributed by atoms with E-state index < -0.39 is 77.1 Å². The molecule has 16 nitrogen and oxygen atoms in total. The Morgan fingerprint density at radius 1 is 0.703 bits per heavy atom. The molecule has 0 aromatic rings. The van der Waals surface area contributed by atoms with Crippen molar-refractivity contribution in [3.8, 4) is 0 Å². The minimum atomic E-state index is -2.11. The number of carbonyl (C=O) groups is 1. The maximum atomic E-state index is 12.5. The zero-order valence-corrected chi connectivity index (χ0v) is 41.0. The fraction of sp³-hybridized carbons (Fsp3) is 0.979. The molecule has 3 N–H and O–H groups in total. The monoisotopic (exact) mass is 915 g/mol. The first-order chi connectivity index (χ1) is 30.0. The van der Waals surface area contributed by atoms with Crippen molar-refractivity contribution in [3.05, 3.63) is 0 Å². The molecule has 0 radical (unpaired) electrons.